The molecule has 1 atom stereocenters. The van der Waals surface area contributed by atoms with Crippen LogP contribution in [0.25, 0.3) is 0 Å². The zero-order chi connectivity index (χ0) is 15.8. The van der Waals surface area contributed by atoms with Gasteiger partial charge in [0.25, 0.3) is 0 Å². The smallest absolute Gasteiger partial charge is 0.326 e. The van der Waals surface area contributed by atoms with E-state index in [1.807, 2.05) is 6.07 Å². The predicted octanol–water partition coefficient (Wildman–Crippen LogP) is 0.524. The third-order valence-electron chi connectivity index (χ3n) is 2.60. The van der Waals surface area contributed by atoms with Crippen LogP contribution in [0.15, 0.2) is 18.2 Å². The quantitative estimate of drug-likeness (QED) is 0.604. The summed E-state index contributed by atoms with van der Waals surface area (Å²) in [6, 6.07) is 4.39. The Labute approximate surface area is 121 Å². The number of aliphatic carboxylic acids is 1. The molecule has 1 aromatic carbocycles. The number of methoxy groups -OCH3 is 1. The second-order valence-corrected chi connectivity index (χ2v) is 4.03. The highest BCUT2D eigenvalue weighted by Crippen LogP contribution is 2.25. The predicted molar refractivity (Wildman–Crippen MR) is 73.0 cm³/mol. The van der Waals surface area contributed by atoms with Crippen LogP contribution in [-0.2, 0) is 4.79 Å². The first-order chi connectivity index (χ1) is 10.0. The number of benzene rings is 1. The summed E-state index contributed by atoms with van der Waals surface area (Å²) in [7, 11) is 1.38. The number of ether oxygens (including phenoxy) is 1. The molecule has 0 saturated carbocycles. The molecule has 0 unspecified atom stereocenters. The van der Waals surface area contributed by atoms with Gasteiger partial charge in [0, 0.05) is 19.1 Å². The Morgan fingerprint density at radius 1 is 1.48 bits per heavy atom. The van der Waals surface area contributed by atoms with Crippen LogP contribution in [0, 0.1) is 11.3 Å². The van der Waals surface area contributed by atoms with Gasteiger partial charge in [-0.1, -0.05) is 0 Å². The van der Waals surface area contributed by atoms with Crippen molar-refractivity contribution in [3.63, 3.8) is 0 Å². The van der Waals surface area contributed by atoms with Crippen LogP contribution in [0.5, 0.6) is 5.75 Å². The number of nitrogens with one attached hydrogen (secondary N) is 2. The standard InChI is InChI=1S/C13H15N3O5/c1-21-11-6-8(7-14)2-3-9(11)15-13(20)16-10(4-5-17)12(18)19/h2-3,6,10,17H,4-5H2,1H3,(H,18,19)(H2,15,16,20)/t10-/m0/s1. The number of carbonyl (C=O) groups is 2. The number of amides is 2. The minimum Gasteiger partial charge on any atom is -0.495 e. The second kappa shape index (κ2) is 7.72. The van der Waals surface area contributed by atoms with E-state index >= 15 is 0 Å². The molecule has 4 N–H and O–H groups in total. The Hall–Kier alpha value is -2.79. The zero-order valence-corrected chi connectivity index (χ0v) is 11.3. The molecule has 0 spiro atoms. The van der Waals surface area contributed by atoms with Crippen LogP contribution >= 0.6 is 0 Å². The molecule has 0 saturated heterocycles. The minimum atomic E-state index is -1.24. The maximum absolute atomic E-state index is 11.7. The topological polar surface area (TPSA) is 132 Å². The van der Waals surface area contributed by atoms with Gasteiger partial charge in [-0.25, -0.2) is 9.59 Å². The number of nitrogens with zero attached hydrogens (tertiary/aromatic N) is 1. The molecule has 8 nitrogen and oxygen atoms in total. The lowest BCUT2D eigenvalue weighted by Crippen LogP contribution is -2.43. The van der Waals surface area contributed by atoms with E-state index in [2.05, 4.69) is 10.6 Å². The highest BCUT2D eigenvalue weighted by Gasteiger charge is 2.19. The Morgan fingerprint density at radius 2 is 2.19 bits per heavy atom. The number of hydrogen-bond donors (Lipinski definition) is 4. The molecule has 0 bridgehead atoms. The number of aliphatic hydroxyl groups excluding tert-OH is 1. The van der Waals surface area contributed by atoms with Crippen LogP contribution < -0.4 is 15.4 Å². The van der Waals surface area contributed by atoms with E-state index in [-0.39, 0.29) is 18.8 Å². The first-order valence-electron chi connectivity index (χ1n) is 6.01. The van der Waals surface area contributed by atoms with Gasteiger partial charge in [-0.05, 0) is 12.1 Å². The summed E-state index contributed by atoms with van der Waals surface area (Å²) in [5.74, 6) is -0.968. The highest BCUT2D eigenvalue weighted by atomic mass is 16.5. The van der Waals surface area contributed by atoms with Crippen LogP contribution in [0.3, 0.4) is 0 Å². The van der Waals surface area contributed by atoms with E-state index in [1.54, 1.807) is 0 Å². The minimum absolute atomic E-state index is 0.104. The van der Waals surface area contributed by atoms with Crippen molar-refractivity contribution in [2.24, 2.45) is 0 Å². The summed E-state index contributed by atoms with van der Waals surface area (Å²) in [4.78, 5) is 22.6. The normalized spacial score (nSPS) is 11.1. The van der Waals surface area contributed by atoms with Gasteiger partial charge >= 0.3 is 12.0 Å². The molecule has 1 rings (SSSR count). The Morgan fingerprint density at radius 3 is 2.71 bits per heavy atom. The largest absolute Gasteiger partial charge is 0.495 e. The molecule has 0 radical (unpaired) electrons. The van der Waals surface area contributed by atoms with Gasteiger partial charge in [0.05, 0.1) is 24.4 Å². The summed E-state index contributed by atoms with van der Waals surface area (Å²) in [6.07, 6.45) is -0.104. The average molecular weight is 293 g/mol. The first-order valence-corrected chi connectivity index (χ1v) is 6.01. The number of anilines is 1. The van der Waals surface area contributed by atoms with Crippen molar-refractivity contribution in [1.82, 2.24) is 5.32 Å². The molecule has 0 heterocycles. The molecule has 21 heavy (non-hydrogen) atoms. The maximum Gasteiger partial charge on any atom is 0.326 e. The van der Waals surface area contributed by atoms with Crippen LogP contribution in [0.2, 0.25) is 0 Å². The second-order valence-electron chi connectivity index (χ2n) is 4.03. The zero-order valence-electron chi connectivity index (χ0n) is 11.3. The van der Waals surface area contributed by atoms with E-state index in [4.69, 9.17) is 20.2 Å². The van der Waals surface area contributed by atoms with Crippen molar-refractivity contribution in [2.45, 2.75) is 12.5 Å². The fourth-order valence-corrected chi connectivity index (χ4v) is 1.57. The van der Waals surface area contributed by atoms with Crippen LogP contribution in [0.4, 0.5) is 10.5 Å². The third-order valence-corrected chi connectivity index (χ3v) is 2.60. The number of carbonyl (C=O) groups excluding carboxylic acids is 1. The van der Waals surface area contributed by atoms with Gasteiger partial charge in [-0.15, -0.1) is 0 Å². The van der Waals surface area contributed by atoms with Crippen molar-refractivity contribution < 1.29 is 24.5 Å². The number of hydrogen-bond acceptors (Lipinski definition) is 5. The molecule has 2 amide bonds. The van der Waals surface area contributed by atoms with E-state index in [0.29, 0.717) is 11.3 Å². The third kappa shape index (κ3) is 4.67. The Bertz CT molecular complexity index is 567. The lowest BCUT2D eigenvalue weighted by molar-refractivity contribution is -0.139. The maximum atomic E-state index is 11.7. The van der Waals surface area contributed by atoms with Gasteiger partial charge < -0.3 is 25.6 Å². The first kappa shape index (κ1) is 16.3. The highest BCUT2D eigenvalue weighted by molar-refractivity contribution is 5.93. The summed E-state index contributed by atoms with van der Waals surface area (Å²) in [5.41, 5.74) is 0.656. The van der Waals surface area contributed by atoms with Crippen molar-refractivity contribution in [3.05, 3.63) is 23.8 Å². The van der Waals surface area contributed by atoms with Crippen LogP contribution in [0.1, 0.15) is 12.0 Å². The number of urea groups is 1. The van der Waals surface area contributed by atoms with Crippen LogP contribution in [-0.4, -0.2) is 42.0 Å². The SMILES string of the molecule is COc1cc(C#N)ccc1NC(=O)N[C@@H](CCO)C(=O)O. The molecule has 112 valence electrons. The van der Waals surface area contributed by atoms with Gasteiger partial charge in [0.1, 0.15) is 11.8 Å². The average Bonchev–Trinajstić information content (AvgIpc) is 2.47. The number of aliphatic hydroxyl groups is 1. The number of carboxylic acid groups (broad SMARTS) is 1. The molecule has 0 aliphatic heterocycles. The van der Waals surface area contributed by atoms with E-state index in [1.165, 1.54) is 25.3 Å². The Kier molecular flexibility index (Phi) is 5.98. The fourth-order valence-electron chi connectivity index (χ4n) is 1.57. The van der Waals surface area contributed by atoms with E-state index < -0.39 is 18.0 Å². The number of nitriles is 1. The van der Waals surface area contributed by atoms with Crippen molar-refractivity contribution in [2.75, 3.05) is 19.0 Å². The van der Waals surface area contributed by atoms with Crippen molar-refractivity contribution >= 4 is 17.7 Å². The van der Waals surface area contributed by atoms with Crippen molar-refractivity contribution in [1.29, 1.82) is 5.26 Å². The summed E-state index contributed by atoms with van der Waals surface area (Å²) in [6.45, 7) is -0.364. The molecule has 0 aliphatic carbocycles. The number of carboxylic acids is 1. The lowest BCUT2D eigenvalue weighted by atomic mass is 10.2. The summed E-state index contributed by atoms with van der Waals surface area (Å²) >= 11 is 0. The lowest BCUT2D eigenvalue weighted by Gasteiger charge is -2.15. The molecule has 8 heteroatoms. The van der Waals surface area contributed by atoms with Gasteiger partial charge in [-0.2, -0.15) is 5.26 Å². The molecular formula is C13H15N3O5. The molecule has 0 aromatic heterocycles. The van der Waals surface area contributed by atoms with E-state index in [9.17, 15) is 9.59 Å². The molecule has 1 aromatic rings. The molecular weight excluding hydrogens is 278 g/mol. The van der Waals surface area contributed by atoms with E-state index in [0.717, 1.165) is 0 Å². The van der Waals surface area contributed by atoms with Gasteiger partial charge in [0.2, 0.25) is 0 Å². The Balaban J connectivity index is 2.79. The fraction of sp³-hybridized carbons (Fsp3) is 0.308. The molecule has 0 aliphatic rings. The van der Waals surface area contributed by atoms with Gasteiger partial charge in [-0.3, -0.25) is 0 Å². The monoisotopic (exact) mass is 293 g/mol. The summed E-state index contributed by atoms with van der Waals surface area (Å²) < 4.78 is 5.04. The molecule has 0 fully saturated rings. The van der Waals surface area contributed by atoms with Gasteiger partial charge in [0.15, 0.2) is 0 Å². The number of rotatable bonds is 6. The van der Waals surface area contributed by atoms with Crippen molar-refractivity contribution in [3.8, 4) is 11.8 Å². The summed E-state index contributed by atoms with van der Waals surface area (Å²) in [5, 5.41) is 31.0.